The molecule has 15 rings (SSSR count). The summed E-state index contributed by atoms with van der Waals surface area (Å²) in [6.07, 6.45) is 0. The molecule has 1 spiro atoms. The third kappa shape index (κ3) is 6.60. The molecule has 0 saturated heterocycles. The fourth-order valence-electron chi connectivity index (χ4n) is 12.8. The first kappa shape index (κ1) is 42.9. The van der Waals surface area contributed by atoms with E-state index < -0.39 is 5.41 Å². The number of nitrogens with zero attached hydrogens (tertiary/aromatic N) is 2. The molecule has 0 radical (unpaired) electrons. The minimum Gasteiger partial charge on any atom is -0.310 e. The van der Waals surface area contributed by atoms with Crippen molar-refractivity contribution in [2.45, 2.75) is 5.41 Å². The van der Waals surface area contributed by atoms with Crippen molar-refractivity contribution < 1.29 is 0 Å². The van der Waals surface area contributed by atoms with E-state index in [1.807, 2.05) is 0 Å². The SMILES string of the molecule is c1ccc(-c2c(N(c3ccccc3)c3ccc4c(c3)C3(c5ccccc5-4)c4ccccc4-c4ccc(N(c5ccc6ccccc6c5)c5ccc6ccccc6c5-c5ccccc5)cc43)ccc3ccccc23)cc1. The van der Waals surface area contributed by atoms with Gasteiger partial charge in [0, 0.05) is 33.9 Å². The lowest BCUT2D eigenvalue weighted by Crippen LogP contribution is -2.26. The number of hydrogen-bond acceptors (Lipinski definition) is 2. The number of benzene rings is 13. The first-order valence-electron chi connectivity index (χ1n) is 26.0. The van der Waals surface area contributed by atoms with Gasteiger partial charge in [-0.2, -0.15) is 0 Å². The van der Waals surface area contributed by atoms with Crippen LogP contribution in [0.4, 0.5) is 34.1 Å². The van der Waals surface area contributed by atoms with Gasteiger partial charge in [-0.15, -0.1) is 0 Å². The zero-order valence-corrected chi connectivity index (χ0v) is 41.1. The summed E-state index contributed by atoms with van der Waals surface area (Å²) >= 11 is 0. The van der Waals surface area contributed by atoms with Gasteiger partial charge < -0.3 is 9.80 Å². The molecule has 13 aromatic rings. The van der Waals surface area contributed by atoms with Gasteiger partial charge in [-0.05, 0) is 149 Å². The van der Waals surface area contributed by atoms with Gasteiger partial charge in [0.2, 0.25) is 0 Å². The van der Waals surface area contributed by atoms with E-state index in [-0.39, 0.29) is 0 Å². The Bertz CT molecular complexity index is 4360. The summed E-state index contributed by atoms with van der Waals surface area (Å²) < 4.78 is 0. The Labute approximate surface area is 437 Å². The van der Waals surface area contributed by atoms with E-state index in [1.165, 1.54) is 99.1 Å². The van der Waals surface area contributed by atoms with Gasteiger partial charge in [0.15, 0.2) is 0 Å². The summed E-state index contributed by atoms with van der Waals surface area (Å²) in [4.78, 5) is 4.99. The fourth-order valence-corrected chi connectivity index (χ4v) is 12.8. The van der Waals surface area contributed by atoms with Crippen molar-refractivity contribution in [2.24, 2.45) is 0 Å². The molecule has 350 valence electrons. The van der Waals surface area contributed by atoms with E-state index in [2.05, 4.69) is 301 Å². The van der Waals surface area contributed by atoms with Gasteiger partial charge in [0.25, 0.3) is 0 Å². The number of rotatable bonds is 8. The number of para-hydroxylation sites is 1. The smallest absolute Gasteiger partial charge is 0.0727 e. The van der Waals surface area contributed by atoms with Crippen molar-refractivity contribution in [3.05, 3.63) is 313 Å². The zero-order valence-electron chi connectivity index (χ0n) is 41.1. The Balaban J connectivity index is 1.01. The van der Waals surface area contributed by atoms with Crippen molar-refractivity contribution >= 4 is 66.4 Å². The molecule has 0 fully saturated rings. The first-order chi connectivity index (χ1) is 37.2. The fraction of sp³-hybridized carbons (Fsp3) is 0.0137. The van der Waals surface area contributed by atoms with Crippen LogP contribution in [0.3, 0.4) is 0 Å². The topological polar surface area (TPSA) is 6.48 Å². The second kappa shape index (κ2) is 17.2. The van der Waals surface area contributed by atoms with Crippen LogP contribution in [0.5, 0.6) is 0 Å². The molecule has 2 nitrogen and oxygen atoms in total. The van der Waals surface area contributed by atoms with E-state index in [4.69, 9.17) is 0 Å². The van der Waals surface area contributed by atoms with Crippen LogP contribution in [-0.2, 0) is 5.41 Å². The largest absolute Gasteiger partial charge is 0.310 e. The van der Waals surface area contributed by atoms with Crippen molar-refractivity contribution in [3.63, 3.8) is 0 Å². The third-order valence-electron chi connectivity index (χ3n) is 16.0. The summed E-state index contributed by atoms with van der Waals surface area (Å²) in [6.45, 7) is 0. The Kier molecular flexibility index (Phi) is 9.83. The van der Waals surface area contributed by atoms with Gasteiger partial charge in [0.1, 0.15) is 0 Å². The molecule has 13 aromatic carbocycles. The number of anilines is 6. The van der Waals surface area contributed by atoms with E-state index in [1.54, 1.807) is 0 Å². The molecular formula is C73H48N2. The molecule has 0 saturated carbocycles. The predicted molar refractivity (Wildman–Crippen MR) is 315 cm³/mol. The van der Waals surface area contributed by atoms with Gasteiger partial charge >= 0.3 is 0 Å². The lowest BCUT2D eigenvalue weighted by atomic mass is 9.70. The third-order valence-corrected chi connectivity index (χ3v) is 16.0. The molecule has 0 amide bonds. The molecule has 0 N–H and O–H groups in total. The van der Waals surface area contributed by atoms with Crippen LogP contribution in [-0.4, -0.2) is 0 Å². The molecule has 1 atom stereocenters. The van der Waals surface area contributed by atoms with Crippen LogP contribution in [0.25, 0.3) is 76.8 Å². The van der Waals surface area contributed by atoms with Crippen molar-refractivity contribution in [1.29, 1.82) is 0 Å². The molecule has 2 aliphatic rings. The lowest BCUT2D eigenvalue weighted by Gasteiger charge is -2.34. The van der Waals surface area contributed by atoms with Crippen LogP contribution in [0.2, 0.25) is 0 Å². The van der Waals surface area contributed by atoms with Gasteiger partial charge in [-0.3, -0.25) is 0 Å². The van der Waals surface area contributed by atoms with E-state index in [0.717, 1.165) is 34.1 Å². The highest BCUT2D eigenvalue weighted by Crippen LogP contribution is 2.64. The van der Waals surface area contributed by atoms with Crippen molar-refractivity contribution in [1.82, 2.24) is 0 Å². The highest BCUT2D eigenvalue weighted by Gasteiger charge is 2.52. The lowest BCUT2D eigenvalue weighted by molar-refractivity contribution is 0.793. The molecule has 1 unspecified atom stereocenters. The summed E-state index contributed by atoms with van der Waals surface area (Å²) in [5.74, 6) is 0. The van der Waals surface area contributed by atoms with Crippen LogP contribution in [0.15, 0.2) is 291 Å². The summed E-state index contributed by atoms with van der Waals surface area (Å²) in [7, 11) is 0. The minimum absolute atomic E-state index is 0.640. The molecule has 0 aliphatic heterocycles. The van der Waals surface area contributed by atoms with Crippen molar-refractivity contribution in [2.75, 3.05) is 9.80 Å². The Hall–Kier alpha value is -9.76. The number of hydrogen-bond donors (Lipinski definition) is 0. The van der Waals surface area contributed by atoms with Crippen LogP contribution in [0.1, 0.15) is 22.3 Å². The maximum atomic E-state index is 2.53. The average molecular weight is 953 g/mol. The van der Waals surface area contributed by atoms with E-state index >= 15 is 0 Å². The predicted octanol–water partition coefficient (Wildman–Crippen LogP) is 19.8. The molecule has 0 heterocycles. The quantitative estimate of drug-likeness (QED) is 0.150. The molecule has 75 heavy (non-hydrogen) atoms. The van der Waals surface area contributed by atoms with Crippen LogP contribution in [0, 0.1) is 0 Å². The minimum atomic E-state index is -0.640. The molecular weight excluding hydrogens is 905 g/mol. The van der Waals surface area contributed by atoms with E-state index in [0.29, 0.717) is 0 Å². The monoisotopic (exact) mass is 952 g/mol. The highest BCUT2D eigenvalue weighted by atomic mass is 15.2. The standard InChI is InChI=1S/C73H48N2/c1-4-23-52(24-5-1)71-59-30-14-12-21-50(59)37-44-69(71)74(55-28-8-3-9-29-55)57-40-42-63-61-32-16-18-34-65(61)73(67(63)47-57)66-35-19-17-33-62(66)64-43-41-58(48-68(64)73)75(56-39-36-49-20-10-11-27-54(49)46-56)70-45-38-51-22-13-15-31-60(51)72(70)53-25-6-2-7-26-53/h1-48H. The van der Waals surface area contributed by atoms with Gasteiger partial charge in [-0.25, -0.2) is 0 Å². The van der Waals surface area contributed by atoms with Crippen molar-refractivity contribution in [3.8, 4) is 44.5 Å². The zero-order chi connectivity index (χ0) is 49.5. The normalized spacial score (nSPS) is 13.9. The second-order valence-corrected chi connectivity index (χ2v) is 19.9. The molecule has 0 aromatic heterocycles. The van der Waals surface area contributed by atoms with Crippen LogP contribution < -0.4 is 9.80 Å². The molecule has 0 bridgehead atoms. The Morgan fingerprint density at radius 2 is 0.600 bits per heavy atom. The molecule has 2 aliphatic carbocycles. The van der Waals surface area contributed by atoms with Gasteiger partial charge in [-0.1, -0.05) is 231 Å². The second-order valence-electron chi connectivity index (χ2n) is 19.9. The molecule has 2 heteroatoms. The maximum Gasteiger partial charge on any atom is 0.0727 e. The number of fused-ring (bicyclic) bond motifs is 13. The summed E-state index contributed by atoms with van der Waals surface area (Å²) in [5, 5.41) is 7.27. The summed E-state index contributed by atoms with van der Waals surface area (Å²) in [6, 6.07) is 108. The van der Waals surface area contributed by atoms with Gasteiger partial charge in [0.05, 0.1) is 16.8 Å². The Morgan fingerprint density at radius 1 is 0.227 bits per heavy atom. The Morgan fingerprint density at radius 3 is 1.13 bits per heavy atom. The first-order valence-corrected chi connectivity index (χ1v) is 26.0. The maximum absolute atomic E-state index is 2.53. The highest BCUT2D eigenvalue weighted by molar-refractivity contribution is 6.08. The average Bonchev–Trinajstić information content (AvgIpc) is 4.07. The summed E-state index contributed by atoms with van der Waals surface area (Å²) in [5.41, 5.74) is 21.0. The van der Waals surface area contributed by atoms with Crippen LogP contribution >= 0.6 is 0 Å². The van der Waals surface area contributed by atoms with E-state index in [9.17, 15) is 0 Å².